The van der Waals surface area contributed by atoms with Crippen molar-refractivity contribution in [3.63, 3.8) is 0 Å². The number of anilines is 2. The molecule has 0 fully saturated rings. The van der Waals surface area contributed by atoms with Gasteiger partial charge in [-0.2, -0.15) is 0 Å². The van der Waals surface area contributed by atoms with Crippen LogP contribution in [-0.2, 0) is 0 Å². The number of aryl methyl sites for hydroxylation is 3. The predicted octanol–water partition coefficient (Wildman–Crippen LogP) is 3.74. The van der Waals surface area contributed by atoms with Crippen LogP contribution >= 0.6 is 46.2 Å². The van der Waals surface area contributed by atoms with E-state index in [0.29, 0.717) is 43.1 Å². The molecule has 2 amide bonds. The summed E-state index contributed by atoms with van der Waals surface area (Å²) in [7, 11) is 0. The van der Waals surface area contributed by atoms with Crippen molar-refractivity contribution >= 4 is 74.6 Å². The number of halogens is 1. The fourth-order valence-corrected chi connectivity index (χ4v) is 4.14. The first-order chi connectivity index (χ1) is 15.8. The van der Waals surface area contributed by atoms with Gasteiger partial charge in [-0.25, -0.2) is 0 Å². The number of nitrogens with one attached hydrogen (secondary N) is 2. The van der Waals surface area contributed by atoms with Gasteiger partial charge in [-0.1, -0.05) is 13.5 Å². The zero-order valence-electron chi connectivity index (χ0n) is 17.3. The Bertz CT molecular complexity index is 1210. The lowest BCUT2D eigenvalue weighted by Crippen LogP contribution is -2.13. The molecule has 0 bridgehead atoms. The number of rotatable bonds is 5. The lowest BCUT2D eigenvalue weighted by atomic mass is 10.2. The molecule has 33 heavy (non-hydrogen) atoms. The summed E-state index contributed by atoms with van der Waals surface area (Å²) in [6.07, 6.45) is 0. The summed E-state index contributed by atoms with van der Waals surface area (Å²) in [5, 5.41) is 16.3. The number of amides is 2. The number of hydrogen-bond acceptors (Lipinski definition) is 12. The Hall–Kier alpha value is -3.20. The van der Waals surface area contributed by atoms with Crippen LogP contribution in [0.15, 0.2) is 24.3 Å². The van der Waals surface area contributed by atoms with Gasteiger partial charge in [0.05, 0.1) is 17.1 Å². The average molecular weight is 523 g/mol. The fraction of sp³-hybridized carbons (Fsp3) is 0.167. The molecule has 0 aliphatic heterocycles. The molecule has 0 aliphatic carbocycles. The summed E-state index contributed by atoms with van der Waals surface area (Å²) in [4.78, 5) is 36.0. The molecule has 2 N–H and O–H groups in total. The maximum atomic E-state index is 12.1. The van der Waals surface area contributed by atoms with Crippen molar-refractivity contribution in [2.24, 2.45) is 0 Å². The second-order valence-electron chi connectivity index (χ2n) is 6.32. The molecule has 15 heteroatoms. The molecule has 0 saturated heterocycles. The molecule has 3 heterocycles. The van der Waals surface area contributed by atoms with Crippen LogP contribution in [0, 0.1) is 20.8 Å². The Morgan fingerprint density at radius 3 is 1.24 bits per heavy atom. The van der Waals surface area contributed by atoms with Gasteiger partial charge < -0.3 is 10.6 Å². The molecule has 0 radical (unpaired) electrons. The van der Waals surface area contributed by atoms with E-state index < -0.39 is 5.24 Å². The van der Waals surface area contributed by atoms with Crippen LogP contribution < -0.4 is 10.6 Å². The summed E-state index contributed by atoms with van der Waals surface area (Å²) < 4.78 is 11.0. The standard InChI is InChI=1S/C14H12N6O2S2.C4H3ClN2OS/c1-7-11(23-19-17-7)13(21)15-9-3-5-10(6-4-9)16-14(22)12-8(2)18-20-24-12;1-2-3(4(5)8)9-7-6-2/h3-6H,1-2H3,(H,15,21)(H,16,22);1H3. The minimum Gasteiger partial charge on any atom is -0.321 e. The van der Waals surface area contributed by atoms with Gasteiger partial charge in [0.1, 0.15) is 14.6 Å². The largest absolute Gasteiger partial charge is 0.321 e. The van der Waals surface area contributed by atoms with E-state index in [1.54, 1.807) is 45.0 Å². The first-order valence-electron chi connectivity index (χ1n) is 9.05. The number of hydrogen-bond donors (Lipinski definition) is 2. The fourth-order valence-electron chi connectivity index (χ4n) is 2.30. The van der Waals surface area contributed by atoms with Gasteiger partial charge >= 0.3 is 0 Å². The molecule has 0 atom stereocenters. The summed E-state index contributed by atoms with van der Waals surface area (Å²) in [6, 6.07) is 6.81. The van der Waals surface area contributed by atoms with Gasteiger partial charge in [-0.15, -0.1) is 15.3 Å². The highest BCUT2D eigenvalue weighted by molar-refractivity contribution is 7.10. The van der Waals surface area contributed by atoms with Gasteiger partial charge in [0, 0.05) is 11.4 Å². The molecule has 4 rings (SSSR count). The number of benzene rings is 1. The van der Waals surface area contributed by atoms with Crippen molar-refractivity contribution in [2.45, 2.75) is 20.8 Å². The molecule has 3 aromatic heterocycles. The molecule has 0 aliphatic rings. The maximum Gasteiger partial charge on any atom is 0.269 e. The Morgan fingerprint density at radius 2 is 1.00 bits per heavy atom. The van der Waals surface area contributed by atoms with Crippen LogP contribution in [-0.4, -0.2) is 45.8 Å². The van der Waals surface area contributed by atoms with Crippen molar-refractivity contribution in [3.05, 3.63) is 56.0 Å². The highest BCUT2D eigenvalue weighted by Gasteiger charge is 2.15. The van der Waals surface area contributed by atoms with E-state index in [1.165, 1.54) is 0 Å². The minimum atomic E-state index is -0.484. The van der Waals surface area contributed by atoms with Crippen molar-refractivity contribution in [2.75, 3.05) is 10.6 Å². The van der Waals surface area contributed by atoms with Crippen LogP contribution in [0.5, 0.6) is 0 Å². The first kappa shape index (κ1) is 24.4. The smallest absolute Gasteiger partial charge is 0.269 e. The van der Waals surface area contributed by atoms with Crippen molar-refractivity contribution in [3.8, 4) is 0 Å². The van der Waals surface area contributed by atoms with E-state index in [9.17, 15) is 14.4 Å². The Labute approximate surface area is 204 Å². The summed E-state index contributed by atoms with van der Waals surface area (Å²) in [5.41, 5.74) is 3.01. The van der Waals surface area contributed by atoms with Crippen molar-refractivity contribution in [1.82, 2.24) is 28.8 Å². The molecule has 0 saturated carbocycles. The van der Waals surface area contributed by atoms with Crippen LogP contribution in [0.1, 0.15) is 46.1 Å². The minimum absolute atomic E-state index is 0.259. The highest BCUT2D eigenvalue weighted by Crippen LogP contribution is 2.18. The predicted molar refractivity (Wildman–Crippen MR) is 126 cm³/mol. The van der Waals surface area contributed by atoms with Crippen molar-refractivity contribution < 1.29 is 14.4 Å². The van der Waals surface area contributed by atoms with E-state index in [4.69, 9.17) is 11.6 Å². The monoisotopic (exact) mass is 522 g/mol. The van der Waals surface area contributed by atoms with Crippen LogP contribution in [0.25, 0.3) is 0 Å². The van der Waals surface area contributed by atoms with Gasteiger partial charge in [0.2, 0.25) is 0 Å². The number of nitrogens with zero attached hydrogens (tertiary/aromatic N) is 6. The highest BCUT2D eigenvalue weighted by atomic mass is 35.5. The normalized spacial score (nSPS) is 10.2. The zero-order valence-corrected chi connectivity index (χ0v) is 20.5. The Balaban J connectivity index is 0.000000286. The number of aromatic nitrogens is 6. The van der Waals surface area contributed by atoms with Crippen molar-refractivity contribution in [1.29, 1.82) is 0 Å². The zero-order chi connectivity index (χ0) is 24.0. The van der Waals surface area contributed by atoms with Gasteiger partial charge in [-0.3, -0.25) is 14.4 Å². The van der Waals surface area contributed by atoms with Crippen LogP contribution in [0.3, 0.4) is 0 Å². The summed E-state index contributed by atoms with van der Waals surface area (Å²) in [5.74, 6) is -0.517. The molecule has 0 unspecified atom stereocenters. The number of carbonyl (C=O) groups excluding carboxylic acids is 3. The summed E-state index contributed by atoms with van der Waals surface area (Å²) >= 11 is 8.25. The number of carbonyl (C=O) groups is 3. The van der Waals surface area contributed by atoms with E-state index in [2.05, 4.69) is 39.4 Å². The third-order valence-corrected chi connectivity index (χ3v) is 6.73. The molecule has 4 aromatic rings. The topological polar surface area (TPSA) is 153 Å². The molecule has 0 spiro atoms. The van der Waals surface area contributed by atoms with Crippen LogP contribution in [0.4, 0.5) is 11.4 Å². The third-order valence-electron chi connectivity index (χ3n) is 3.95. The van der Waals surface area contributed by atoms with E-state index in [1.807, 2.05) is 0 Å². The third kappa shape index (κ3) is 6.41. The molecular weight excluding hydrogens is 508 g/mol. The van der Waals surface area contributed by atoms with Gasteiger partial charge in [0.25, 0.3) is 17.1 Å². The molecule has 1 aromatic carbocycles. The molecular formula is C18H15ClN8O3S3. The quantitative estimate of drug-likeness (QED) is 0.373. The first-order valence-corrected chi connectivity index (χ1v) is 11.8. The van der Waals surface area contributed by atoms with E-state index in [-0.39, 0.29) is 11.8 Å². The lowest BCUT2D eigenvalue weighted by Gasteiger charge is -2.07. The van der Waals surface area contributed by atoms with E-state index >= 15 is 0 Å². The van der Waals surface area contributed by atoms with Gasteiger partial charge in [0.15, 0.2) is 0 Å². The van der Waals surface area contributed by atoms with Crippen LogP contribution in [0.2, 0.25) is 0 Å². The molecule has 11 nitrogen and oxygen atoms in total. The Kier molecular flexibility index (Phi) is 8.21. The SMILES string of the molecule is Cc1nnsc1C(=O)Cl.Cc1nnsc1C(=O)Nc1ccc(NC(=O)c2snnc2C)cc1. The van der Waals surface area contributed by atoms with Gasteiger partial charge in [-0.05, 0) is 91.2 Å². The Morgan fingerprint density at radius 1 is 0.667 bits per heavy atom. The average Bonchev–Trinajstić information content (AvgIpc) is 3.51. The second kappa shape index (κ2) is 11.1. The second-order valence-corrected chi connectivity index (χ2v) is 8.93. The van der Waals surface area contributed by atoms with E-state index in [0.717, 1.165) is 34.6 Å². The maximum absolute atomic E-state index is 12.1. The lowest BCUT2D eigenvalue weighted by molar-refractivity contribution is 0.102. The summed E-state index contributed by atoms with van der Waals surface area (Å²) in [6.45, 7) is 5.15. The molecule has 170 valence electrons.